The highest BCUT2D eigenvalue weighted by atomic mass is 16.5. The lowest BCUT2D eigenvalue weighted by molar-refractivity contribution is -0.142. The normalized spacial score (nSPS) is 10.3. The summed E-state index contributed by atoms with van der Waals surface area (Å²) in [7, 11) is 0. The zero-order valence-electron chi connectivity index (χ0n) is 15.5. The summed E-state index contributed by atoms with van der Waals surface area (Å²) < 4.78 is 10.3. The Morgan fingerprint density at radius 3 is 2.32 bits per heavy atom. The molecule has 2 rings (SSSR count). The van der Waals surface area contributed by atoms with E-state index in [0.717, 1.165) is 5.56 Å². The third kappa shape index (κ3) is 6.92. The number of carbonyl (C=O) groups is 3. The quantitative estimate of drug-likeness (QED) is 0.311. The van der Waals surface area contributed by atoms with E-state index in [1.807, 2.05) is 0 Å². The number of benzene rings is 2. The first-order chi connectivity index (χ1) is 13.5. The zero-order chi connectivity index (χ0) is 20.4. The molecule has 0 saturated heterocycles. The van der Waals surface area contributed by atoms with E-state index in [2.05, 4.69) is 11.9 Å². The molecule has 0 atom stereocenters. The van der Waals surface area contributed by atoms with Gasteiger partial charge in [-0.3, -0.25) is 9.59 Å². The van der Waals surface area contributed by atoms with Crippen LogP contribution >= 0.6 is 0 Å². The summed E-state index contributed by atoms with van der Waals surface area (Å²) in [6, 6.07) is 13.6. The van der Waals surface area contributed by atoms with Crippen LogP contribution in [0.1, 0.15) is 22.8 Å². The highest BCUT2D eigenvalue weighted by Crippen LogP contribution is 2.13. The molecule has 0 saturated carbocycles. The Morgan fingerprint density at radius 2 is 1.71 bits per heavy atom. The van der Waals surface area contributed by atoms with E-state index >= 15 is 0 Å². The molecule has 2 aromatic rings. The number of ether oxygens (including phenoxy) is 2. The van der Waals surface area contributed by atoms with Crippen molar-refractivity contribution in [3.05, 3.63) is 78.4 Å². The topological polar surface area (TPSA) is 81.7 Å². The van der Waals surface area contributed by atoms with Crippen molar-refractivity contribution in [2.24, 2.45) is 0 Å². The van der Waals surface area contributed by atoms with Gasteiger partial charge < -0.3 is 14.8 Å². The molecule has 0 unspecified atom stereocenters. The van der Waals surface area contributed by atoms with Gasteiger partial charge in [0.1, 0.15) is 12.4 Å². The SMILES string of the molecule is C=CCOc1ccc(/C=C/C(=O)OCC(=O)Nc2ccc(C(C)=O)cc2)cc1. The summed E-state index contributed by atoms with van der Waals surface area (Å²) >= 11 is 0. The molecule has 0 aliphatic rings. The molecule has 0 heterocycles. The van der Waals surface area contributed by atoms with Crippen LogP contribution in [-0.4, -0.2) is 30.9 Å². The molecule has 0 bridgehead atoms. The maximum atomic E-state index is 11.8. The standard InChI is InChI=1S/C22H21NO5/c1-3-14-27-20-11-4-17(5-12-20)6-13-22(26)28-15-21(25)23-19-9-7-18(8-10-19)16(2)24/h3-13H,1,14-15H2,2H3,(H,23,25)/b13-6+. The Morgan fingerprint density at radius 1 is 1.04 bits per heavy atom. The van der Waals surface area contributed by atoms with Crippen molar-refractivity contribution in [1.82, 2.24) is 0 Å². The van der Waals surface area contributed by atoms with Crippen molar-refractivity contribution in [3.63, 3.8) is 0 Å². The van der Waals surface area contributed by atoms with Crippen molar-refractivity contribution in [2.45, 2.75) is 6.92 Å². The van der Waals surface area contributed by atoms with Crippen molar-refractivity contribution in [1.29, 1.82) is 0 Å². The van der Waals surface area contributed by atoms with Gasteiger partial charge >= 0.3 is 5.97 Å². The number of anilines is 1. The second-order valence-electron chi connectivity index (χ2n) is 5.79. The Hall–Kier alpha value is -3.67. The Labute approximate surface area is 163 Å². The Balaban J connectivity index is 1.77. The van der Waals surface area contributed by atoms with Crippen LogP contribution < -0.4 is 10.1 Å². The maximum absolute atomic E-state index is 11.8. The first kappa shape index (κ1) is 20.6. The monoisotopic (exact) mass is 379 g/mol. The van der Waals surface area contributed by atoms with Crippen LogP contribution in [0.2, 0.25) is 0 Å². The summed E-state index contributed by atoms with van der Waals surface area (Å²) in [6.45, 7) is 5.05. The fourth-order valence-electron chi connectivity index (χ4n) is 2.16. The van der Waals surface area contributed by atoms with Gasteiger partial charge in [-0.2, -0.15) is 0 Å². The fourth-order valence-corrected chi connectivity index (χ4v) is 2.16. The van der Waals surface area contributed by atoms with Gasteiger partial charge in [-0.05, 0) is 55.0 Å². The molecule has 144 valence electrons. The van der Waals surface area contributed by atoms with Gasteiger partial charge in [0.05, 0.1) is 0 Å². The van der Waals surface area contributed by atoms with Gasteiger partial charge in [-0.15, -0.1) is 0 Å². The van der Waals surface area contributed by atoms with Gasteiger partial charge in [0.2, 0.25) is 0 Å². The molecule has 0 fully saturated rings. The largest absolute Gasteiger partial charge is 0.490 e. The average Bonchev–Trinajstić information content (AvgIpc) is 2.70. The number of carbonyl (C=O) groups excluding carboxylic acids is 3. The lowest BCUT2D eigenvalue weighted by Gasteiger charge is -2.06. The van der Waals surface area contributed by atoms with Crippen molar-refractivity contribution in [3.8, 4) is 5.75 Å². The number of nitrogens with one attached hydrogen (secondary N) is 1. The lowest BCUT2D eigenvalue weighted by atomic mass is 10.1. The predicted octanol–water partition coefficient (Wildman–Crippen LogP) is 3.65. The first-order valence-corrected chi connectivity index (χ1v) is 8.57. The molecular weight excluding hydrogens is 358 g/mol. The minimum absolute atomic E-state index is 0.0578. The summed E-state index contributed by atoms with van der Waals surface area (Å²) in [5, 5.41) is 2.59. The fraction of sp³-hybridized carbons (Fsp3) is 0.136. The van der Waals surface area contributed by atoms with Gasteiger partial charge in [-0.25, -0.2) is 4.79 Å². The number of amides is 1. The van der Waals surface area contributed by atoms with Crippen LogP contribution in [0.25, 0.3) is 6.08 Å². The molecule has 0 aliphatic heterocycles. The predicted molar refractivity (Wildman–Crippen MR) is 107 cm³/mol. The molecule has 0 spiro atoms. The van der Waals surface area contributed by atoms with Crippen LogP contribution in [0.15, 0.2) is 67.3 Å². The Bertz CT molecular complexity index is 867. The van der Waals surface area contributed by atoms with Crippen molar-refractivity contribution < 1.29 is 23.9 Å². The summed E-state index contributed by atoms with van der Waals surface area (Å²) in [5.74, 6) is -0.458. The van der Waals surface area contributed by atoms with Crippen LogP contribution in [-0.2, 0) is 14.3 Å². The van der Waals surface area contributed by atoms with E-state index < -0.39 is 18.5 Å². The van der Waals surface area contributed by atoms with E-state index in [9.17, 15) is 14.4 Å². The minimum Gasteiger partial charge on any atom is -0.490 e. The van der Waals surface area contributed by atoms with Gasteiger partial charge in [-0.1, -0.05) is 24.8 Å². The third-order valence-corrected chi connectivity index (χ3v) is 3.58. The van der Waals surface area contributed by atoms with E-state index in [4.69, 9.17) is 9.47 Å². The molecule has 1 N–H and O–H groups in total. The number of rotatable bonds is 9. The minimum atomic E-state index is -0.630. The second-order valence-corrected chi connectivity index (χ2v) is 5.79. The molecule has 0 aromatic heterocycles. The van der Waals surface area contributed by atoms with E-state index in [1.54, 1.807) is 60.7 Å². The second kappa shape index (κ2) is 10.5. The van der Waals surface area contributed by atoms with Crippen LogP contribution in [0.5, 0.6) is 5.75 Å². The average molecular weight is 379 g/mol. The molecule has 28 heavy (non-hydrogen) atoms. The highest BCUT2D eigenvalue weighted by molar-refractivity contribution is 5.96. The van der Waals surface area contributed by atoms with E-state index in [1.165, 1.54) is 13.0 Å². The molecular formula is C22H21NO5. The Kier molecular flexibility index (Phi) is 7.72. The van der Waals surface area contributed by atoms with Crippen LogP contribution in [0.3, 0.4) is 0 Å². The molecule has 2 aromatic carbocycles. The molecule has 0 aliphatic carbocycles. The zero-order valence-corrected chi connectivity index (χ0v) is 15.5. The third-order valence-electron chi connectivity index (χ3n) is 3.58. The van der Waals surface area contributed by atoms with Crippen molar-refractivity contribution >= 4 is 29.4 Å². The van der Waals surface area contributed by atoms with Gasteiger partial charge in [0.25, 0.3) is 5.91 Å². The maximum Gasteiger partial charge on any atom is 0.331 e. The number of hydrogen-bond acceptors (Lipinski definition) is 5. The van der Waals surface area contributed by atoms with Crippen molar-refractivity contribution in [2.75, 3.05) is 18.5 Å². The number of Topliss-reactive ketones (excluding diaryl/α,β-unsaturated/α-hetero) is 1. The molecule has 0 radical (unpaired) electrons. The highest BCUT2D eigenvalue weighted by Gasteiger charge is 2.06. The number of hydrogen-bond donors (Lipinski definition) is 1. The smallest absolute Gasteiger partial charge is 0.331 e. The first-order valence-electron chi connectivity index (χ1n) is 8.57. The molecule has 6 nitrogen and oxygen atoms in total. The van der Waals surface area contributed by atoms with E-state index in [-0.39, 0.29) is 5.78 Å². The summed E-state index contributed by atoms with van der Waals surface area (Å²) in [6.07, 6.45) is 4.48. The van der Waals surface area contributed by atoms with E-state index in [0.29, 0.717) is 23.6 Å². The summed E-state index contributed by atoms with van der Waals surface area (Å²) in [5.41, 5.74) is 1.85. The van der Waals surface area contributed by atoms with Crippen LogP contribution in [0, 0.1) is 0 Å². The molecule has 1 amide bonds. The van der Waals surface area contributed by atoms with Crippen LogP contribution in [0.4, 0.5) is 5.69 Å². The van der Waals surface area contributed by atoms with Gasteiger partial charge in [0, 0.05) is 17.3 Å². The molecule has 6 heteroatoms. The summed E-state index contributed by atoms with van der Waals surface area (Å²) in [4.78, 5) is 34.8. The number of ketones is 1. The van der Waals surface area contributed by atoms with Gasteiger partial charge in [0.15, 0.2) is 12.4 Å². The lowest BCUT2D eigenvalue weighted by Crippen LogP contribution is -2.20. The number of esters is 1.